The van der Waals surface area contributed by atoms with Crippen LogP contribution in [0.15, 0.2) is 30.3 Å². The minimum atomic E-state index is -1.30. The predicted octanol–water partition coefficient (Wildman–Crippen LogP) is 4.08. The molecule has 0 aromatic heterocycles. The van der Waals surface area contributed by atoms with Crippen molar-refractivity contribution in [3.8, 4) is 0 Å². The molecular formula is C16H28O2Si. The highest BCUT2D eigenvalue weighted by molar-refractivity contribution is 6.44. The molecule has 108 valence electrons. The van der Waals surface area contributed by atoms with Gasteiger partial charge in [-0.05, 0) is 24.4 Å². The molecular weight excluding hydrogens is 252 g/mol. The summed E-state index contributed by atoms with van der Waals surface area (Å²) in [6.07, 6.45) is 9.19. The first-order chi connectivity index (χ1) is 9.36. The molecule has 0 fully saturated rings. The Morgan fingerprint density at radius 2 is 1.37 bits per heavy atom. The van der Waals surface area contributed by atoms with Gasteiger partial charge in [0, 0.05) is 14.2 Å². The van der Waals surface area contributed by atoms with E-state index in [-0.39, 0.29) is 0 Å². The highest BCUT2D eigenvalue weighted by Gasteiger charge is 2.07. The van der Waals surface area contributed by atoms with Crippen LogP contribution in [0.5, 0.6) is 0 Å². The van der Waals surface area contributed by atoms with Gasteiger partial charge in [-0.15, -0.1) is 0 Å². The number of hydrogen-bond donors (Lipinski definition) is 0. The SMILES string of the molecule is CO[SiH](CCCCCCCCc1ccccc1)OC. The van der Waals surface area contributed by atoms with Crippen molar-refractivity contribution < 1.29 is 8.85 Å². The van der Waals surface area contributed by atoms with Gasteiger partial charge in [0.05, 0.1) is 0 Å². The minimum Gasteiger partial charge on any atom is -0.400 e. The molecule has 0 atom stereocenters. The van der Waals surface area contributed by atoms with Gasteiger partial charge in [-0.2, -0.15) is 0 Å². The second-order valence-corrected chi connectivity index (χ2v) is 7.43. The first-order valence-corrected chi connectivity index (χ1v) is 9.22. The van der Waals surface area contributed by atoms with Gasteiger partial charge in [-0.3, -0.25) is 0 Å². The number of hydrogen-bond acceptors (Lipinski definition) is 2. The quantitative estimate of drug-likeness (QED) is 0.449. The summed E-state index contributed by atoms with van der Waals surface area (Å²) in [6, 6.07) is 11.9. The summed E-state index contributed by atoms with van der Waals surface area (Å²) in [5.74, 6) is 0. The topological polar surface area (TPSA) is 18.5 Å². The number of benzene rings is 1. The van der Waals surface area contributed by atoms with Crippen molar-refractivity contribution >= 4 is 9.28 Å². The van der Waals surface area contributed by atoms with Crippen LogP contribution in [-0.2, 0) is 15.3 Å². The Balaban J connectivity index is 1.89. The Morgan fingerprint density at radius 1 is 0.789 bits per heavy atom. The molecule has 1 aromatic carbocycles. The van der Waals surface area contributed by atoms with Gasteiger partial charge < -0.3 is 8.85 Å². The molecule has 19 heavy (non-hydrogen) atoms. The Labute approximate surface area is 120 Å². The molecule has 3 heteroatoms. The summed E-state index contributed by atoms with van der Waals surface area (Å²) in [5.41, 5.74) is 1.47. The van der Waals surface area contributed by atoms with Gasteiger partial charge in [0.1, 0.15) is 0 Å². The van der Waals surface area contributed by atoms with Crippen molar-refractivity contribution in [2.45, 2.75) is 51.0 Å². The van der Waals surface area contributed by atoms with Crippen LogP contribution >= 0.6 is 0 Å². The van der Waals surface area contributed by atoms with Crippen LogP contribution < -0.4 is 0 Å². The molecule has 0 N–H and O–H groups in total. The first kappa shape index (κ1) is 16.4. The fourth-order valence-electron chi connectivity index (χ4n) is 2.32. The number of unbranched alkanes of at least 4 members (excludes halogenated alkanes) is 5. The smallest absolute Gasteiger partial charge is 0.320 e. The van der Waals surface area contributed by atoms with Crippen molar-refractivity contribution in [3.63, 3.8) is 0 Å². The van der Waals surface area contributed by atoms with E-state index < -0.39 is 9.28 Å². The van der Waals surface area contributed by atoms with Crippen LogP contribution in [0, 0.1) is 0 Å². The Bertz CT molecular complexity index is 299. The summed E-state index contributed by atoms with van der Waals surface area (Å²) in [5, 5.41) is 0. The normalized spacial score (nSPS) is 11.1. The standard InChI is InChI=1S/C16H28O2Si/c1-17-19(18-2)15-11-6-4-3-5-8-12-16-13-9-7-10-14-16/h7,9-10,13-14,19H,3-6,8,11-12,15H2,1-2H3. The highest BCUT2D eigenvalue weighted by Crippen LogP contribution is 2.11. The van der Waals surface area contributed by atoms with E-state index in [9.17, 15) is 0 Å². The van der Waals surface area contributed by atoms with Crippen LogP contribution in [0.3, 0.4) is 0 Å². The Hall–Kier alpha value is -0.643. The zero-order valence-corrected chi connectivity index (χ0v) is 13.6. The van der Waals surface area contributed by atoms with Crippen LogP contribution in [0.25, 0.3) is 0 Å². The third-order valence-electron chi connectivity index (χ3n) is 3.52. The van der Waals surface area contributed by atoms with Gasteiger partial charge in [0.2, 0.25) is 0 Å². The number of rotatable bonds is 11. The molecule has 0 spiro atoms. The summed E-state index contributed by atoms with van der Waals surface area (Å²) < 4.78 is 10.6. The Kier molecular flexibility index (Phi) is 9.68. The minimum absolute atomic E-state index is 1.15. The van der Waals surface area contributed by atoms with Crippen LogP contribution in [0.1, 0.15) is 44.1 Å². The molecule has 1 rings (SSSR count). The van der Waals surface area contributed by atoms with Gasteiger partial charge in [0.15, 0.2) is 0 Å². The third kappa shape index (κ3) is 8.19. The Morgan fingerprint density at radius 3 is 2.00 bits per heavy atom. The van der Waals surface area contributed by atoms with Crippen molar-refractivity contribution in [2.24, 2.45) is 0 Å². The fraction of sp³-hybridized carbons (Fsp3) is 0.625. The molecule has 0 bridgehead atoms. The zero-order valence-electron chi connectivity index (χ0n) is 12.4. The summed E-state index contributed by atoms with van der Waals surface area (Å²) in [4.78, 5) is 0. The van der Waals surface area contributed by atoms with Crippen LogP contribution in [-0.4, -0.2) is 23.5 Å². The summed E-state index contributed by atoms with van der Waals surface area (Å²) >= 11 is 0. The lowest BCUT2D eigenvalue weighted by atomic mass is 10.1. The summed E-state index contributed by atoms with van der Waals surface area (Å²) in [6.45, 7) is 0. The maximum Gasteiger partial charge on any atom is 0.320 e. The molecule has 0 aliphatic carbocycles. The van der Waals surface area contributed by atoms with E-state index in [0.29, 0.717) is 0 Å². The zero-order chi connectivity index (χ0) is 13.8. The average Bonchev–Trinajstić information content (AvgIpc) is 2.47. The fourth-order valence-corrected chi connectivity index (χ4v) is 3.61. The van der Waals surface area contributed by atoms with Gasteiger partial charge in [0.25, 0.3) is 0 Å². The van der Waals surface area contributed by atoms with E-state index in [1.165, 1.54) is 50.5 Å². The molecule has 0 radical (unpaired) electrons. The lowest BCUT2D eigenvalue weighted by Gasteiger charge is -2.10. The van der Waals surface area contributed by atoms with E-state index in [2.05, 4.69) is 30.3 Å². The van der Waals surface area contributed by atoms with E-state index in [0.717, 1.165) is 6.04 Å². The first-order valence-electron chi connectivity index (χ1n) is 7.46. The molecule has 0 heterocycles. The van der Waals surface area contributed by atoms with Crippen molar-refractivity contribution in [1.29, 1.82) is 0 Å². The van der Waals surface area contributed by atoms with E-state index in [4.69, 9.17) is 8.85 Å². The van der Waals surface area contributed by atoms with Crippen molar-refractivity contribution in [2.75, 3.05) is 14.2 Å². The second kappa shape index (κ2) is 11.2. The van der Waals surface area contributed by atoms with E-state index in [1.54, 1.807) is 14.2 Å². The highest BCUT2D eigenvalue weighted by atomic mass is 28.3. The van der Waals surface area contributed by atoms with Gasteiger partial charge in [-0.1, -0.05) is 62.4 Å². The lowest BCUT2D eigenvalue weighted by Crippen LogP contribution is -2.18. The molecule has 0 saturated carbocycles. The maximum absolute atomic E-state index is 5.31. The largest absolute Gasteiger partial charge is 0.400 e. The van der Waals surface area contributed by atoms with Crippen LogP contribution in [0.4, 0.5) is 0 Å². The molecule has 0 saturated heterocycles. The monoisotopic (exact) mass is 280 g/mol. The van der Waals surface area contributed by atoms with Crippen molar-refractivity contribution in [1.82, 2.24) is 0 Å². The average molecular weight is 280 g/mol. The molecule has 0 aliphatic heterocycles. The molecule has 0 unspecified atom stereocenters. The van der Waals surface area contributed by atoms with E-state index in [1.807, 2.05) is 0 Å². The maximum atomic E-state index is 5.31. The molecule has 1 aromatic rings. The molecule has 0 aliphatic rings. The molecule has 0 amide bonds. The third-order valence-corrected chi connectivity index (χ3v) is 5.46. The summed E-state index contributed by atoms with van der Waals surface area (Å²) in [7, 11) is 2.24. The van der Waals surface area contributed by atoms with E-state index >= 15 is 0 Å². The van der Waals surface area contributed by atoms with Gasteiger partial charge >= 0.3 is 9.28 Å². The van der Waals surface area contributed by atoms with Gasteiger partial charge in [-0.25, -0.2) is 0 Å². The van der Waals surface area contributed by atoms with Crippen molar-refractivity contribution in [3.05, 3.63) is 35.9 Å². The second-order valence-electron chi connectivity index (χ2n) is 5.05. The predicted molar refractivity (Wildman–Crippen MR) is 83.8 cm³/mol. The van der Waals surface area contributed by atoms with Crippen LogP contribution in [0.2, 0.25) is 6.04 Å². The lowest BCUT2D eigenvalue weighted by molar-refractivity contribution is 0.276. The molecule has 2 nitrogen and oxygen atoms in total. The number of aryl methyl sites for hydroxylation is 1.